The highest BCUT2D eigenvalue weighted by molar-refractivity contribution is 7.99. The molecule has 0 bridgehead atoms. The SMILES string of the molecule is CSC1COC(/C=C/C2CCC(OC(F)(F)F)CC2)OC1. The molecular weight excluding hydrogens is 305 g/mol. The van der Waals surface area contributed by atoms with Gasteiger partial charge in [-0.3, -0.25) is 4.74 Å². The summed E-state index contributed by atoms with van der Waals surface area (Å²) in [5, 5.41) is 0.379. The van der Waals surface area contributed by atoms with Gasteiger partial charge in [-0.25, -0.2) is 0 Å². The Labute approximate surface area is 127 Å². The van der Waals surface area contributed by atoms with Gasteiger partial charge in [0.05, 0.1) is 24.6 Å². The molecule has 0 aromatic rings. The lowest BCUT2D eigenvalue weighted by Crippen LogP contribution is -2.32. The van der Waals surface area contributed by atoms with Crippen molar-refractivity contribution in [1.82, 2.24) is 0 Å². The van der Waals surface area contributed by atoms with Crippen molar-refractivity contribution in [2.75, 3.05) is 19.5 Å². The Bertz CT molecular complexity index is 333. The largest absolute Gasteiger partial charge is 0.522 e. The molecule has 7 heteroatoms. The van der Waals surface area contributed by atoms with E-state index in [0.717, 1.165) is 0 Å². The van der Waals surface area contributed by atoms with E-state index in [2.05, 4.69) is 4.74 Å². The Morgan fingerprint density at radius 1 is 1.05 bits per heavy atom. The van der Waals surface area contributed by atoms with Crippen LogP contribution in [0.1, 0.15) is 25.7 Å². The number of allylic oxidation sites excluding steroid dienone is 1. The molecule has 0 unspecified atom stereocenters. The smallest absolute Gasteiger partial charge is 0.348 e. The van der Waals surface area contributed by atoms with E-state index < -0.39 is 12.5 Å². The lowest BCUT2D eigenvalue weighted by molar-refractivity contribution is -0.345. The summed E-state index contributed by atoms with van der Waals surface area (Å²) in [5.41, 5.74) is 0. The van der Waals surface area contributed by atoms with Crippen molar-refractivity contribution in [3.8, 4) is 0 Å². The molecule has 0 aromatic heterocycles. The van der Waals surface area contributed by atoms with Crippen molar-refractivity contribution >= 4 is 11.8 Å². The first-order valence-corrected chi connectivity index (χ1v) is 8.44. The fourth-order valence-corrected chi connectivity index (χ4v) is 3.01. The van der Waals surface area contributed by atoms with Crippen LogP contribution in [0.2, 0.25) is 0 Å². The first-order chi connectivity index (χ1) is 9.96. The monoisotopic (exact) mass is 326 g/mol. The van der Waals surface area contributed by atoms with Gasteiger partial charge in [-0.05, 0) is 43.9 Å². The molecule has 21 heavy (non-hydrogen) atoms. The topological polar surface area (TPSA) is 27.7 Å². The minimum Gasteiger partial charge on any atom is -0.348 e. The zero-order valence-electron chi connectivity index (χ0n) is 12.0. The Morgan fingerprint density at radius 3 is 2.19 bits per heavy atom. The number of rotatable bonds is 4. The number of alkyl halides is 3. The Morgan fingerprint density at radius 2 is 1.67 bits per heavy atom. The van der Waals surface area contributed by atoms with Crippen molar-refractivity contribution in [1.29, 1.82) is 0 Å². The molecule has 0 radical (unpaired) electrons. The average Bonchev–Trinajstić information content (AvgIpc) is 2.45. The van der Waals surface area contributed by atoms with E-state index in [1.807, 2.05) is 18.4 Å². The summed E-state index contributed by atoms with van der Waals surface area (Å²) < 4.78 is 51.5. The van der Waals surface area contributed by atoms with E-state index in [0.29, 0.717) is 44.1 Å². The van der Waals surface area contributed by atoms with Crippen LogP contribution in [0.5, 0.6) is 0 Å². The maximum absolute atomic E-state index is 12.1. The fraction of sp³-hybridized carbons (Fsp3) is 0.857. The molecule has 0 aromatic carbocycles. The Balaban J connectivity index is 1.68. The van der Waals surface area contributed by atoms with Crippen molar-refractivity contribution < 1.29 is 27.4 Å². The predicted molar refractivity (Wildman–Crippen MR) is 75.0 cm³/mol. The maximum atomic E-state index is 12.1. The molecule has 1 heterocycles. The van der Waals surface area contributed by atoms with Gasteiger partial charge < -0.3 is 9.47 Å². The molecule has 1 aliphatic heterocycles. The van der Waals surface area contributed by atoms with Crippen LogP contribution >= 0.6 is 11.8 Å². The molecule has 1 aliphatic carbocycles. The van der Waals surface area contributed by atoms with Crippen molar-refractivity contribution in [2.24, 2.45) is 5.92 Å². The molecule has 0 amide bonds. The second-order valence-corrected chi connectivity index (χ2v) is 6.52. The minimum absolute atomic E-state index is 0.281. The Kier molecular flexibility index (Phi) is 6.40. The summed E-state index contributed by atoms with van der Waals surface area (Å²) in [6.45, 7) is 1.34. The van der Waals surface area contributed by atoms with Crippen LogP contribution in [0.25, 0.3) is 0 Å². The predicted octanol–water partition coefficient (Wildman–Crippen LogP) is 3.74. The summed E-state index contributed by atoms with van der Waals surface area (Å²) in [6, 6.07) is 0. The lowest BCUT2D eigenvalue weighted by Gasteiger charge is -2.29. The van der Waals surface area contributed by atoms with Crippen LogP contribution < -0.4 is 0 Å². The van der Waals surface area contributed by atoms with Gasteiger partial charge in [-0.15, -0.1) is 13.2 Å². The lowest BCUT2D eigenvalue weighted by atomic mass is 9.87. The third kappa shape index (κ3) is 6.18. The Hall–Kier alpha value is -0.240. The van der Waals surface area contributed by atoms with Crippen molar-refractivity contribution in [3.05, 3.63) is 12.2 Å². The molecule has 2 rings (SSSR count). The fourth-order valence-electron chi connectivity index (χ4n) is 2.58. The maximum Gasteiger partial charge on any atom is 0.522 e. The van der Waals surface area contributed by atoms with Crippen LogP contribution in [0.4, 0.5) is 13.2 Å². The van der Waals surface area contributed by atoms with Crippen LogP contribution in [-0.4, -0.2) is 43.5 Å². The van der Waals surface area contributed by atoms with Gasteiger partial charge in [-0.2, -0.15) is 11.8 Å². The first kappa shape index (κ1) is 17.1. The molecule has 1 saturated heterocycles. The summed E-state index contributed by atoms with van der Waals surface area (Å²) in [5.74, 6) is 0.281. The quantitative estimate of drug-likeness (QED) is 0.736. The average molecular weight is 326 g/mol. The second-order valence-electron chi connectivity index (χ2n) is 5.38. The van der Waals surface area contributed by atoms with Crippen LogP contribution in [-0.2, 0) is 14.2 Å². The van der Waals surface area contributed by atoms with Crippen molar-refractivity contribution in [3.63, 3.8) is 0 Å². The number of ether oxygens (including phenoxy) is 3. The first-order valence-electron chi connectivity index (χ1n) is 7.15. The summed E-state index contributed by atoms with van der Waals surface area (Å²) >= 11 is 1.72. The van der Waals surface area contributed by atoms with Crippen LogP contribution in [0, 0.1) is 5.92 Å². The third-order valence-electron chi connectivity index (χ3n) is 3.79. The molecular formula is C14H21F3O3S. The van der Waals surface area contributed by atoms with Gasteiger partial charge >= 0.3 is 6.36 Å². The molecule has 2 fully saturated rings. The van der Waals surface area contributed by atoms with E-state index in [4.69, 9.17) is 9.47 Å². The summed E-state index contributed by atoms with van der Waals surface area (Å²) in [6.07, 6.45) is 2.66. The van der Waals surface area contributed by atoms with Gasteiger partial charge in [-0.1, -0.05) is 6.08 Å². The van der Waals surface area contributed by atoms with E-state index in [9.17, 15) is 13.2 Å². The second kappa shape index (κ2) is 7.85. The van der Waals surface area contributed by atoms with Gasteiger partial charge in [0, 0.05) is 0 Å². The normalized spacial score (nSPS) is 35.2. The number of halogens is 3. The number of hydrogen-bond acceptors (Lipinski definition) is 4. The van der Waals surface area contributed by atoms with Crippen LogP contribution in [0.3, 0.4) is 0 Å². The molecule has 1 saturated carbocycles. The third-order valence-corrected chi connectivity index (χ3v) is 4.72. The van der Waals surface area contributed by atoms with E-state index in [1.54, 1.807) is 11.8 Å². The summed E-state index contributed by atoms with van der Waals surface area (Å²) in [7, 11) is 0. The van der Waals surface area contributed by atoms with Gasteiger partial charge in [0.1, 0.15) is 0 Å². The molecule has 0 N–H and O–H groups in total. The zero-order valence-corrected chi connectivity index (χ0v) is 12.8. The minimum atomic E-state index is -4.52. The zero-order chi connectivity index (χ0) is 15.3. The highest BCUT2D eigenvalue weighted by Crippen LogP contribution is 2.31. The van der Waals surface area contributed by atoms with Gasteiger partial charge in [0.2, 0.25) is 0 Å². The number of hydrogen-bond donors (Lipinski definition) is 0. The van der Waals surface area contributed by atoms with Gasteiger partial charge in [0.15, 0.2) is 6.29 Å². The highest BCUT2D eigenvalue weighted by atomic mass is 32.2. The highest BCUT2D eigenvalue weighted by Gasteiger charge is 2.35. The van der Waals surface area contributed by atoms with Crippen molar-refractivity contribution in [2.45, 2.75) is 49.7 Å². The summed E-state index contributed by atoms with van der Waals surface area (Å²) in [4.78, 5) is 0. The van der Waals surface area contributed by atoms with E-state index >= 15 is 0 Å². The molecule has 0 spiro atoms. The molecule has 3 nitrogen and oxygen atoms in total. The molecule has 2 aliphatic rings. The van der Waals surface area contributed by atoms with E-state index in [-0.39, 0.29) is 12.2 Å². The standard InChI is InChI=1S/C14H21F3O3S/c1-21-12-8-18-13(19-9-12)7-4-10-2-5-11(6-3-10)20-14(15,16)17/h4,7,10-13H,2-3,5-6,8-9H2,1H3/b7-4+. The van der Waals surface area contributed by atoms with Gasteiger partial charge in [0.25, 0.3) is 0 Å². The number of thioether (sulfide) groups is 1. The molecule has 122 valence electrons. The van der Waals surface area contributed by atoms with Crippen LogP contribution in [0.15, 0.2) is 12.2 Å². The molecule has 0 atom stereocenters. The van der Waals surface area contributed by atoms with E-state index in [1.165, 1.54) is 0 Å².